The summed E-state index contributed by atoms with van der Waals surface area (Å²) in [6.45, 7) is 0. The van der Waals surface area contributed by atoms with E-state index in [9.17, 15) is 26.3 Å². The van der Waals surface area contributed by atoms with Crippen molar-refractivity contribution >= 4 is 23.4 Å². The van der Waals surface area contributed by atoms with Gasteiger partial charge in [-0.3, -0.25) is 0 Å². The summed E-state index contributed by atoms with van der Waals surface area (Å²) in [6, 6.07) is 5.24. The zero-order valence-corrected chi connectivity index (χ0v) is 25.6. The number of hydrogen-bond donors (Lipinski definition) is 0. The largest absolute Gasteiger partial charge is 0.636 e. The molecule has 0 heterocycles. The third-order valence-corrected chi connectivity index (χ3v) is 9.19. The van der Waals surface area contributed by atoms with E-state index in [1.807, 2.05) is 0 Å². The summed E-state index contributed by atoms with van der Waals surface area (Å²) in [6.07, 6.45) is -1.49. The summed E-state index contributed by atoms with van der Waals surface area (Å²) < 4.78 is 223. The molecular weight excluding hydrogens is 741 g/mol. The minimum Gasteiger partial charge on any atom is -0.519 e. The summed E-state index contributed by atoms with van der Waals surface area (Å²) in [5.41, 5.74) is -7.51. The Labute approximate surface area is 286 Å². The fourth-order valence-corrected chi connectivity index (χ4v) is 6.87. The van der Waals surface area contributed by atoms with Gasteiger partial charge >= 0.3 is 7.12 Å². The molecule has 2 aliphatic rings. The summed E-state index contributed by atoms with van der Waals surface area (Å²) >= 11 is 0. The van der Waals surface area contributed by atoms with Crippen LogP contribution in [0.25, 0.3) is 33.0 Å². The molecule has 0 aromatic heterocycles. The Balaban J connectivity index is 1.41. The highest BCUT2D eigenvalue weighted by atomic mass is 19.2. The number of rotatable bonds is 5. The van der Waals surface area contributed by atoms with Crippen LogP contribution in [0.3, 0.4) is 0 Å². The summed E-state index contributed by atoms with van der Waals surface area (Å²) in [4.78, 5) is 0. The monoisotopic (exact) mass is 752 g/mol. The number of hydrogen-bond acceptors (Lipinski definition) is 2. The van der Waals surface area contributed by atoms with Crippen molar-refractivity contribution in [2.24, 2.45) is 0 Å². The minimum absolute atomic E-state index is 0.256. The molecule has 0 fully saturated rings. The quantitative estimate of drug-likeness (QED) is 0.0991. The van der Waals surface area contributed by atoms with Gasteiger partial charge in [-0.1, -0.05) is 24.3 Å². The molecule has 53 heavy (non-hydrogen) atoms. The van der Waals surface area contributed by atoms with Gasteiger partial charge < -0.3 is 9.31 Å². The lowest BCUT2D eigenvalue weighted by Crippen LogP contribution is -2.46. The van der Waals surface area contributed by atoms with E-state index < -0.39 is 163 Å². The van der Waals surface area contributed by atoms with Crippen LogP contribution < -0.4 is 14.8 Å². The van der Waals surface area contributed by atoms with Crippen molar-refractivity contribution in [3.63, 3.8) is 0 Å². The van der Waals surface area contributed by atoms with Crippen molar-refractivity contribution in [1.82, 2.24) is 0 Å². The van der Waals surface area contributed by atoms with Crippen LogP contribution in [0.1, 0.15) is 22.3 Å². The van der Waals surface area contributed by atoms with Gasteiger partial charge in [-0.25, -0.2) is 52.7 Å². The Kier molecular flexibility index (Phi) is 7.71. The van der Waals surface area contributed by atoms with Crippen LogP contribution in [0, 0.1) is 81.4 Å². The topological polar surface area (TPSA) is 18.5 Å². The molecule has 0 amide bonds. The molecule has 0 atom stereocenters. The second-order valence-electron chi connectivity index (χ2n) is 12.0. The Morgan fingerprint density at radius 3 is 1.32 bits per heavy atom. The SMILES string of the molecule is Fc1ccc2c(c1F)-c1c(F)c(F)c(F)c(OB(Oc3c(F)c(F)c(F)c4c3Cc3ccc(F)c(F)c3-4)c3c(F)c(F)c(F)c4c(F)cccc34)c1C2. The van der Waals surface area contributed by atoms with Gasteiger partial charge in [-0.05, 0) is 34.7 Å². The van der Waals surface area contributed by atoms with Gasteiger partial charge in [0.05, 0.1) is 10.8 Å². The van der Waals surface area contributed by atoms with E-state index in [4.69, 9.17) is 9.31 Å². The second kappa shape index (κ2) is 11.9. The fraction of sp³-hybridized carbons (Fsp3) is 0.0556. The van der Waals surface area contributed by atoms with Crippen LogP contribution in [0.5, 0.6) is 11.5 Å². The number of halogens is 14. The molecule has 2 aliphatic carbocycles. The first-order valence-corrected chi connectivity index (χ1v) is 15.0. The maximum absolute atomic E-state index is 15.9. The fourth-order valence-electron chi connectivity index (χ4n) is 6.87. The lowest BCUT2D eigenvalue weighted by atomic mass is 9.74. The third-order valence-electron chi connectivity index (χ3n) is 9.19. The maximum Gasteiger partial charge on any atom is 0.636 e. The van der Waals surface area contributed by atoms with Crippen LogP contribution in [0.15, 0.2) is 42.5 Å². The Bertz CT molecular complexity index is 2520. The molecule has 0 N–H and O–H groups in total. The molecule has 6 aromatic carbocycles. The summed E-state index contributed by atoms with van der Waals surface area (Å²) in [5, 5.41) is -2.25. The van der Waals surface area contributed by atoms with Crippen molar-refractivity contribution in [3.05, 3.63) is 146 Å². The molecule has 0 bridgehead atoms. The average Bonchev–Trinajstić information content (AvgIpc) is 3.72. The molecular formula is C36H11BF14O2. The molecule has 0 saturated heterocycles. The van der Waals surface area contributed by atoms with Gasteiger partial charge in [-0.2, -0.15) is 8.78 Å². The first-order valence-electron chi connectivity index (χ1n) is 15.0. The maximum atomic E-state index is 15.9. The molecule has 0 aliphatic heterocycles. The average molecular weight is 752 g/mol. The predicted molar refractivity (Wildman–Crippen MR) is 159 cm³/mol. The zero-order valence-electron chi connectivity index (χ0n) is 25.6. The highest BCUT2D eigenvalue weighted by Crippen LogP contribution is 2.49. The van der Waals surface area contributed by atoms with Crippen molar-refractivity contribution in [2.75, 3.05) is 0 Å². The van der Waals surface area contributed by atoms with E-state index in [1.165, 1.54) is 0 Å². The van der Waals surface area contributed by atoms with E-state index in [1.54, 1.807) is 0 Å². The number of benzene rings is 6. The standard InChI is InChI=1S/C36H11BF14O2/c38-15-3-1-2-12-20(15)26(43)30(47)29(46)23(12)37(52-35-13-8-10-4-6-16(39)24(41)18(10)21(13)27(44)31(48)33(35)50)53-36-14-9-11-5-7-17(40)25(42)19(11)22(14)28(45)32(49)34(36)51/h1-7H,8-9H2. The minimum atomic E-state index is -3.02. The van der Waals surface area contributed by atoms with E-state index >= 15 is 35.1 Å². The van der Waals surface area contributed by atoms with E-state index in [0.717, 1.165) is 24.3 Å². The van der Waals surface area contributed by atoms with Gasteiger partial charge in [-0.15, -0.1) is 0 Å². The Hall–Kier alpha value is -5.74. The predicted octanol–water partition coefficient (Wildman–Crippen LogP) is 9.78. The molecule has 0 radical (unpaired) electrons. The van der Waals surface area contributed by atoms with Crippen LogP contribution in [-0.4, -0.2) is 7.12 Å². The molecule has 0 saturated carbocycles. The van der Waals surface area contributed by atoms with Crippen molar-refractivity contribution < 1.29 is 70.8 Å². The lowest BCUT2D eigenvalue weighted by Gasteiger charge is -2.23. The van der Waals surface area contributed by atoms with E-state index in [-0.39, 0.29) is 11.1 Å². The summed E-state index contributed by atoms with van der Waals surface area (Å²) in [5.74, 6) is -31.2. The first kappa shape index (κ1) is 34.4. The first-order chi connectivity index (χ1) is 25.1. The molecule has 0 spiro atoms. The van der Waals surface area contributed by atoms with Crippen molar-refractivity contribution in [2.45, 2.75) is 12.8 Å². The number of fused-ring (bicyclic) bond motifs is 7. The Morgan fingerprint density at radius 1 is 0.396 bits per heavy atom. The van der Waals surface area contributed by atoms with Gasteiger partial charge in [0.25, 0.3) is 0 Å². The lowest BCUT2D eigenvalue weighted by molar-refractivity contribution is 0.367. The zero-order chi connectivity index (χ0) is 37.9. The van der Waals surface area contributed by atoms with E-state index in [2.05, 4.69) is 0 Å². The van der Waals surface area contributed by atoms with Gasteiger partial charge in [0.1, 0.15) is 17.3 Å². The molecule has 6 aromatic rings. The van der Waals surface area contributed by atoms with Crippen LogP contribution in [0.2, 0.25) is 0 Å². The smallest absolute Gasteiger partial charge is 0.519 e. The second-order valence-corrected chi connectivity index (χ2v) is 12.0. The van der Waals surface area contributed by atoms with Crippen molar-refractivity contribution in [3.8, 4) is 33.8 Å². The van der Waals surface area contributed by atoms with Crippen LogP contribution in [0.4, 0.5) is 61.5 Å². The van der Waals surface area contributed by atoms with Crippen molar-refractivity contribution in [1.29, 1.82) is 0 Å². The molecule has 2 nitrogen and oxygen atoms in total. The molecule has 268 valence electrons. The van der Waals surface area contributed by atoms with Gasteiger partial charge in [0, 0.05) is 46.2 Å². The van der Waals surface area contributed by atoms with Gasteiger partial charge in [0.15, 0.2) is 64.0 Å². The van der Waals surface area contributed by atoms with Crippen LogP contribution >= 0.6 is 0 Å². The molecule has 0 unspecified atom stereocenters. The molecule has 17 heteroatoms. The highest BCUT2D eigenvalue weighted by Gasteiger charge is 2.44. The van der Waals surface area contributed by atoms with E-state index in [0.29, 0.717) is 18.2 Å². The third kappa shape index (κ3) is 4.74. The van der Waals surface area contributed by atoms with Crippen LogP contribution in [-0.2, 0) is 12.8 Å². The summed E-state index contributed by atoms with van der Waals surface area (Å²) in [7, 11) is -3.02. The molecule has 8 rings (SSSR count). The van der Waals surface area contributed by atoms with Gasteiger partial charge in [0.2, 0.25) is 11.6 Å². The highest BCUT2D eigenvalue weighted by molar-refractivity contribution is 6.66. The Morgan fingerprint density at radius 2 is 0.849 bits per heavy atom. The normalized spacial score (nSPS) is 12.6.